The van der Waals surface area contributed by atoms with Crippen LogP contribution in [-0.4, -0.2) is 24.1 Å². The second-order valence-corrected chi connectivity index (χ2v) is 4.81. The molecule has 0 aromatic heterocycles. The third-order valence-corrected chi connectivity index (χ3v) is 3.38. The van der Waals surface area contributed by atoms with Crippen molar-refractivity contribution in [3.8, 4) is 5.75 Å². The monoisotopic (exact) mass is 263 g/mol. The van der Waals surface area contributed by atoms with Gasteiger partial charge in [-0.25, -0.2) is 0 Å². The molecule has 1 fully saturated rings. The normalized spacial score (nSPS) is 20.7. The number of aryl methyl sites for hydroxylation is 1. The fourth-order valence-electron chi connectivity index (χ4n) is 2.05. The predicted octanol–water partition coefficient (Wildman–Crippen LogP) is 1.34. The minimum Gasteiger partial charge on any atom is -0.496 e. The summed E-state index contributed by atoms with van der Waals surface area (Å²) in [5.41, 5.74) is 1.97. The zero-order valence-corrected chi connectivity index (χ0v) is 11.0. The lowest BCUT2D eigenvalue weighted by Gasteiger charge is -2.08. The van der Waals surface area contributed by atoms with Crippen LogP contribution in [0.3, 0.4) is 0 Å². The number of ether oxygens (including phenoxy) is 1. The molecule has 5 heteroatoms. The molecule has 0 saturated heterocycles. The summed E-state index contributed by atoms with van der Waals surface area (Å²) in [5.74, 6) is -1.18. The maximum atomic E-state index is 11.7. The van der Waals surface area contributed by atoms with Crippen molar-refractivity contribution in [2.45, 2.75) is 19.9 Å². The number of carboxylic acid groups (broad SMARTS) is 1. The Bertz CT molecular complexity index is 512. The van der Waals surface area contributed by atoms with E-state index in [0.29, 0.717) is 13.0 Å². The van der Waals surface area contributed by atoms with E-state index < -0.39 is 11.9 Å². The highest BCUT2D eigenvalue weighted by Gasteiger charge is 2.48. The number of hydrogen-bond acceptors (Lipinski definition) is 3. The van der Waals surface area contributed by atoms with Gasteiger partial charge in [-0.3, -0.25) is 9.59 Å². The molecule has 1 aliphatic carbocycles. The van der Waals surface area contributed by atoms with E-state index >= 15 is 0 Å². The smallest absolute Gasteiger partial charge is 0.307 e. The number of carbonyl (C=O) groups excluding carboxylic acids is 1. The first-order valence-corrected chi connectivity index (χ1v) is 6.17. The summed E-state index contributed by atoms with van der Waals surface area (Å²) in [4.78, 5) is 22.4. The van der Waals surface area contributed by atoms with Crippen LogP contribution in [0.4, 0.5) is 0 Å². The van der Waals surface area contributed by atoms with Crippen LogP contribution in [0.25, 0.3) is 0 Å². The topological polar surface area (TPSA) is 75.6 Å². The van der Waals surface area contributed by atoms with Gasteiger partial charge < -0.3 is 15.2 Å². The quantitative estimate of drug-likeness (QED) is 0.840. The number of methoxy groups -OCH3 is 1. The first kappa shape index (κ1) is 13.4. The van der Waals surface area contributed by atoms with Crippen LogP contribution in [0.15, 0.2) is 18.2 Å². The van der Waals surface area contributed by atoms with Crippen LogP contribution < -0.4 is 10.1 Å². The number of benzene rings is 1. The van der Waals surface area contributed by atoms with Crippen molar-refractivity contribution in [3.05, 3.63) is 29.3 Å². The van der Waals surface area contributed by atoms with Gasteiger partial charge in [0.2, 0.25) is 5.91 Å². The lowest BCUT2D eigenvalue weighted by molar-refractivity contribution is -0.140. The Morgan fingerprint density at radius 1 is 1.42 bits per heavy atom. The van der Waals surface area contributed by atoms with Gasteiger partial charge in [0.15, 0.2) is 0 Å². The molecule has 19 heavy (non-hydrogen) atoms. The minimum atomic E-state index is -0.892. The van der Waals surface area contributed by atoms with Gasteiger partial charge in [0.05, 0.1) is 18.9 Å². The molecule has 1 aromatic carbocycles. The lowest BCUT2D eigenvalue weighted by atomic mass is 10.1. The van der Waals surface area contributed by atoms with Gasteiger partial charge in [-0.2, -0.15) is 0 Å². The largest absolute Gasteiger partial charge is 0.496 e. The molecule has 2 atom stereocenters. The van der Waals surface area contributed by atoms with Crippen LogP contribution in [-0.2, 0) is 16.1 Å². The Morgan fingerprint density at radius 2 is 2.16 bits per heavy atom. The van der Waals surface area contributed by atoms with E-state index in [1.165, 1.54) is 0 Å². The average Bonchev–Trinajstić information content (AvgIpc) is 3.17. The first-order chi connectivity index (χ1) is 9.02. The zero-order valence-electron chi connectivity index (χ0n) is 11.0. The van der Waals surface area contributed by atoms with Crippen molar-refractivity contribution in [1.82, 2.24) is 5.32 Å². The van der Waals surface area contributed by atoms with Gasteiger partial charge >= 0.3 is 5.97 Å². The van der Waals surface area contributed by atoms with Crippen molar-refractivity contribution in [2.24, 2.45) is 11.8 Å². The molecule has 2 rings (SSSR count). The van der Waals surface area contributed by atoms with Crippen LogP contribution in [0.2, 0.25) is 0 Å². The van der Waals surface area contributed by atoms with Crippen molar-refractivity contribution >= 4 is 11.9 Å². The van der Waals surface area contributed by atoms with Crippen LogP contribution in [0, 0.1) is 18.8 Å². The predicted molar refractivity (Wildman–Crippen MR) is 68.8 cm³/mol. The summed E-state index contributed by atoms with van der Waals surface area (Å²) < 4.78 is 5.21. The summed E-state index contributed by atoms with van der Waals surface area (Å²) in [7, 11) is 1.60. The number of rotatable bonds is 5. The SMILES string of the molecule is COc1cc(CNC(=O)[C@@H]2C[C@H]2C(=O)O)ccc1C. The Labute approximate surface area is 111 Å². The summed E-state index contributed by atoms with van der Waals surface area (Å²) in [6.07, 6.45) is 0.443. The number of carbonyl (C=O) groups is 2. The standard InChI is InChI=1S/C14H17NO4/c1-8-3-4-9(5-12(8)19-2)7-15-13(16)10-6-11(10)14(17)18/h3-5,10-11H,6-7H2,1-2H3,(H,15,16)(H,17,18)/t10-,11-/m1/s1. The Balaban J connectivity index is 1.89. The highest BCUT2D eigenvalue weighted by atomic mass is 16.5. The van der Waals surface area contributed by atoms with E-state index in [1.807, 2.05) is 25.1 Å². The van der Waals surface area contributed by atoms with E-state index in [-0.39, 0.29) is 11.8 Å². The first-order valence-electron chi connectivity index (χ1n) is 6.17. The van der Waals surface area contributed by atoms with Gasteiger partial charge in [0.25, 0.3) is 0 Å². The number of amides is 1. The number of aliphatic carboxylic acids is 1. The Hall–Kier alpha value is -2.04. The molecule has 1 aromatic rings. The van der Waals surface area contributed by atoms with Crippen LogP contribution in [0.1, 0.15) is 17.5 Å². The molecular weight excluding hydrogens is 246 g/mol. The fourth-order valence-corrected chi connectivity index (χ4v) is 2.05. The number of hydrogen-bond donors (Lipinski definition) is 2. The molecule has 102 valence electrons. The maximum absolute atomic E-state index is 11.7. The summed E-state index contributed by atoms with van der Waals surface area (Å²) in [5, 5.41) is 11.5. The van der Waals surface area contributed by atoms with Crippen molar-refractivity contribution in [3.63, 3.8) is 0 Å². The van der Waals surface area contributed by atoms with E-state index in [1.54, 1.807) is 7.11 Å². The summed E-state index contributed by atoms with van der Waals surface area (Å²) in [6.45, 7) is 2.33. The minimum absolute atomic E-state index is 0.188. The Kier molecular flexibility index (Phi) is 3.74. The van der Waals surface area contributed by atoms with E-state index in [2.05, 4.69) is 5.32 Å². The maximum Gasteiger partial charge on any atom is 0.307 e. The molecule has 1 saturated carbocycles. The summed E-state index contributed by atoms with van der Waals surface area (Å²) >= 11 is 0. The van der Waals surface area contributed by atoms with E-state index in [9.17, 15) is 9.59 Å². The third-order valence-electron chi connectivity index (χ3n) is 3.38. The van der Waals surface area contributed by atoms with Gasteiger partial charge in [-0.05, 0) is 30.5 Å². The molecule has 0 radical (unpaired) electrons. The molecule has 0 unspecified atom stereocenters. The van der Waals surface area contributed by atoms with Gasteiger partial charge in [0.1, 0.15) is 5.75 Å². The molecular formula is C14H17NO4. The molecule has 1 amide bonds. The molecule has 0 heterocycles. The average molecular weight is 263 g/mol. The van der Waals surface area contributed by atoms with Crippen LogP contribution >= 0.6 is 0 Å². The van der Waals surface area contributed by atoms with Gasteiger partial charge in [-0.1, -0.05) is 12.1 Å². The lowest BCUT2D eigenvalue weighted by Crippen LogP contribution is -2.25. The zero-order chi connectivity index (χ0) is 14.0. The van der Waals surface area contributed by atoms with Gasteiger partial charge in [0, 0.05) is 6.54 Å². The van der Waals surface area contributed by atoms with Crippen molar-refractivity contribution in [2.75, 3.05) is 7.11 Å². The number of nitrogens with one attached hydrogen (secondary N) is 1. The highest BCUT2D eigenvalue weighted by Crippen LogP contribution is 2.38. The van der Waals surface area contributed by atoms with Crippen molar-refractivity contribution in [1.29, 1.82) is 0 Å². The summed E-state index contributed by atoms with van der Waals surface area (Å²) in [6, 6.07) is 5.72. The number of carboxylic acids is 1. The highest BCUT2D eigenvalue weighted by molar-refractivity contribution is 5.89. The molecule has 2 N–H and O–H groups in total. The molecule has 5 nitrogen and oxygen atoms in total. The molecule has 1 aliphatic rings. The fraction of sp³-hybridized carbons (Fsp3) is 0.429. The third kappa shape index (κ3) is 3.05. The molecule has 0 aliphatic heterocycles. The van der Waals surface area contributed by atoms with E-state index in [4.69, 9.17) is 9.84 Å². The van der Waals surface area contributed by atoms with Gasteiger partial charge in [-0.15, -0.1) is 0 Å². The van der Waals surface area contributed by atoms with Crippen LogP contribution in [0.5, 0.6) is 5.75 Å². The molecule has 0 bridgehead atoms. The molecule has 0 spiro atoms. The second-order valence-electron chi connectivity index (χ2n) is 4.81. The Morgan fingerprint density at radius 3 is 2.74 bits per heavy atom. The van der Waals surface area contributed by atoms with E-state index in [0.717, 1.165) is 16.9 Å². The second kappa shape index (κ2) is 5.30. The van der Waals surface area contributed by atoms with Crippen molar-refractivity contribution < 1.29 is 19.4 Å².